The first kappa shape index (κ1) is 7.54. The van der Waals surface area contributed by atoms with Crippen molar-refractivity contribution < 1.29 is 0 Å². The van der Waals surface area contributed by atoms with Gasteiger partial charge in [0.1, 0.15) is 5.65 Å². The predicted octanol–water partition coefficient (Wildman–Crippen LogP) is 2.70. The molecule has 2 nitrogen and oxygen atoms in total. The number of rotatable bonds is 0. The Labute approximate surface area is 85.9 Å². The molecule has 0 N–H and O–H groups in total. The van der Waals surface area contributed by atoms with Crippen LogP contribution in [0.15, 0.2) is 29.0 Å². The van der Waals surface area contributed by atoms with Gasteiger partial charge in [-0.05, 0) is 50.7 Å². The zero-order chi connectivity index (χ0) is 7.84. The standard InChI is InChI=1S/C7H4BrIN2/c8-5-3-10-7-2-1-6(9)11(7)4-5/h1-4H. The zero-order valence-corrected chi connectivity index (χ0v) is 9.20. The van der Waals surface area contributed by atoms with Crippen molar-refractivity contribution in [3.63, 3.8) is 0 Å². The summed E-state index contributed by atoms with van der Waals surface area (Å²) >= 11 is 5.64. The molecule has 4 heteroatoms. The minimum Gasteiger partial charge on any atom is -0.295 e. The summed E-state index contributed by atoms with van der Waals surface area (Å²) < 4.78 is 4.20. The zero-order valence-electron chi connectivity index (χ0n) is 5.46. The fraction of sp³-hybridized carbons (Fsp3) is 0. The predicted molar refractivity (Wildman–Crippen MR) is 55.6 cm³/mol. The largest absolute Gasteiger partial charge is 0.295 e. The monoisotopic (exact) mass is 322 g/mol. The van der Waals surface area contributed by atoms with Crippen molar-refractivity contribution in [3.8, 4) is 0 Å². The maximum atomic E-state index is 4.21. The van der Waals surface area contributed by atoms with Crippen LogP contribution in [0.1, 0.15) is 0 Å². The summed E-state index contributed by atoms with van der Waals surface area (Å²) in [7, 11) is 0. The summed E-state index contributed by atoms with van der Waals surface area (Å²) in [6.07, 6.45) is 3.80. The molecule has 2 rings (SSSR count). The molecule has 0 unspecified atom stereocenters. The molecule has 0 amide bonds. The first-order valence-corrected chi connectivity index (χ1v) is 4.92. The molecule has 0 aliphatic carbocycles. The first-order chi connectivity index (χ1) is 5.27. The Hall–Kier alpha value is -0.100. The quantitative estimate of drug-likeness (QED) is 0.682. The van der Waals surface area contributed by atoms with E-state index in [0.717, 1.165) is 10.1 Å². The highest BCUT2D eigenvalue weighted by Crippen LogP contribution is 2.14. The van der Waals surface area contributed by atoms with E-state index in [1.165, 1.54) is 3.70 Å². The van der Waals surface area contributed by atoms with Crippen LogP contribution in [0.4, 0.5) is 0 Å². The fourth-order valence-electron chi connectivity index (χ4n) is 0.931. The van der Waals surface area contributed by atoms with Gasteiger partial charge in [0.2, 0.25) is 0 Å². The van der Waals surface area contributed by atoms with E-state index < -0.39 is 0 Å². The lowest BCUT2D eigenvalue weighted by molar-refractivity contribution is 1.09. The van der Waals surface area contributed by atoms with Crippen LogP contribution in [0.2, 0.25) is 0 Å². The van der Waals surface area contributed by atoms with E-state index in [9.17, 15) is 0 Å². The molecule has 0 radical (unpaired) electrons. The Kier molecular flexibility index (Phi) is 1.88. The average Bonchev–Trinajstić information content (AvgIpc) is 2.33. The third kappa shape index (κ3) is 1.29. The van der Waals surface area contributed by atoms with Crippen LogP contribution in [-0.2, 0) is 0 Å². The summed E-state index contributed by atoms with van der Waals surface area (Å²) in [5.41, 5.74) is 0.984. The molecule has 2 aromatic rings. The molecule has 56 valence electrons. The number of aromatic nitrogens is 2. The molecular formula is C7H4BrIN2. The average molecular weight is 323 g/mol. The second kappa shape index (κ2) is 2.75. The van der Waals surface area contributed by atoms with Crippen LogP contribution < -0.4 is 0 Å². The summed E-state index contributed by atoms with van der Waals surface area (Å²) in [6, 6.07) is 4.03. The fourth-order valence-corrected chi connectivity index (χ4v) is 1.80. The van der Waals surface area contributed by atoms with Crippen LogP contribution in [0, 0.1) is 3.70 Å². The Morgan fingerprint density at radius 2 is 2.27 bits per heavy atom. The molecule has 0 aromatic carbocycles. The van der Waals surface area contributed by atoms with Crippen LogP contribution in [0.25, 0.3) is 5.65 Å². The van der Waals surface area contributed by atoms with Gasteiger partial charge in [0.15, 0.2) is 0 Å². The second-order valence-corrected chi connectivity index (χ2v) is 4.18. The second-order valence-electron chi connectivity index (χ2n) is 2.16. The molecule has 2 aromatic heterocycles. The van der Waals surface area contributed by atoms with E-state index in [-0.39, 0.29) is 0 Å². The van der Waals surface area contributed by atoms with E-state index in [0.29, 0.717) is 0 Å². The van der Waals surface area contributed by atoms with Crippen molar-refractivity contribution in [2.75, 3.05) is 0 Å². The van der Waals surface area contributed by atoms with E-state index in [1.54, 1.807) is 6.20 Å². The Bertz CT molecular complexity index is 396. The molecule has 2 heterocycles. The Morgan fingerprint density at radius 3 is 3.09 bits per heavy atom. The van der Waals surface area contributed by atoms with Gasteiger partial charge in [-0.2, -0.15) is 0 Å². The Balaban J connectivity index is 2.87. The van der Waals surface area contributed by atoms with Crippen molar-refractivity contribution in [3.05, 3.63) is 32.7 Å². The highest BCUT2D eigenvalue weighted by molar-refractivity contribution is 14.1. The Morgan fingerprint density at radius 1 is 1.45 bits per heavy atom. The van der Waals surface area contributed by atoms with Gasteiger partial charge in [0.25, 0.3) is 0 Å². The summed E-state index contributed by atoms with van der Waals surface area (Å²) in [5.74, 6) is 0. The first-order valence-electron chi connectivity index (χ1n) is 3.05. The van der Waals surface area contributed by atoms with E-state index >= 15 is 0 Å². The highest BCUT2D eigenvalue weighted by Gasteiger charge is 1.97. The number of nitrogens with zero attached hydrogens (tertiary/aromatic N) is 2. The number of hydrogen-bond donors (Lipinski definition) is 0. The van der Waals surface area contributed by atoms with Gasteiger partial charge < -0.3 is 0 Å². The minimum absolute atomic E-state index is 0.984. The van der Waals surface area contributed by atoms with Crippen LogP contribution in [0.5, 0.6) is 0 Å². The van der Waals surface area contributed by atoms with Gasteiger partial charge in [-0.15, -0.1) is 0 Å². The summed E-state index contributed by atoms with van der Waals surface area (Å²) in [5, 5.41) is 0. The summed E-state index contributed by atoms with van der Waals surface area (Å²) in [4.78, 5) is 4.21. The number of fused-ring (bicyclic) bond motifs is 1. The normalized spacial score (nSPS) is 10.7. The van der Waals surface area contributed by atoms with Gasteiger partial charge in [-0.1, -0.05) is 0 Å². The van der Waals surface area contributed by atoms with Gasteiger partial charge in [0, 0.05) is 12.4 Å². The lowest BCUT2D eigenvalue weighted by atomic mass is 10.6. The number of hydrogen-bond acceptors (Lipinski definition) is 1. The van der Waals surface area contributed by atoms with Gasteiger partial charge in [-0.25, -0.2) is 4.98 Å². The molecule has 0 aliphatic rings. The van der Waals surface area contributed by atoms with Crippen molar-refractivity contribution in [1.29, 1.82) is 0 Å². The molecule has 0 aliphatic heterocycles. The molecule has 0 atom stereocenters. The topological polar surface area (TPSA) is 17.3 Å². The van der Waals surface area contributed by atoms with Gasteiger partial charge in [-0.3, -0.25) is 4.40 Å². The molecule has 0 fully saturated rings. The maximum absolute atomic E-state index is 4.21. The van der Waals surface area contributed by atoms with Crippen molar-refractivity contribution >= 4 is 44.2 Å². The minimum atomic E-state index is 0.984. The molecule has 0 saturated carbocycles. The highest BCUT2D eigenvalue weighted by atomic mass is 127. The van der Waals surface area contributed by atoms with Crippen molar-refractivity contribution in [2.45, 2.75) is 0 Å². The maximum Gasteiger partial charge on any atom is 0.137 e. The lowest BCUT2D eigenvalue weighted by Gasteiger charge is -1.95. The smallest absolute Gasteiger partial charge is 0.137 e. The van der Waals surface area contributed by atoms with Gasteiger partial charge >= 0.3 is 0 Å². The van der Waals surface area contributed by atoms with Crippen LogP contribution in [0.3, 0.4) is 0 Å². The van der Waals surface area contributed by atoms with Gasteiger partial charge in [0.05, 0.1) is 8.17 Å². The lowest BCUT2D eigenvalue weighted by Crippen LogP contribution is -1.87. The van der Waals surface area contributed by atoms with Crippen molar-refractivity contribution in [2.24, 2.45) is 0 Å². The van der Waals surface area contributed by atoms with E-state index in [4.69, 9.17) is 0 Å². The molecule has 11 heavy (non-hydrogen) atoms. The molecule has 0 bridgehead atoms. The van der Waals surface area contributed by atoms with Crippen LogP contribution >= 0.6 is 38.5 Å². The number of halogens is 2. The van der Waals surface area contributed by atoms with E-state index in [1.807, 2.05) is 22.7 Å². The van der Waals surface area contributed by atoms with Crippen molar-refractivity contribution in [1.82, 2.24) is 9.38 Å². The third-order valence-corrected chi connectivity index (χ3v) is 2.71. The molecular weight excluding hydrogens is 319 g/mol. The van der Waals surface area contributed by atoms with Crippen LogP contribution in [-0.4, -0.2) is 9.38 Å². The molecule has 0 spiro atoms. The molecule has 0 saturated heterocycles. The van der Waals surface area contributed by atoms with E-state index in [2.05, 4.69) is 43.5 Å². The SMILES string of the molecule is Brc1cnc2ccc(I)n2c1. The third-order valence-electron chi connectivity index (χ3n) is 1.42. The summed E-state index contributed by atoms with van der Waals surface area (Å²) in [6.45, 7) is 0.